The summed E-state index contributed by atoms with van der Waals surface area (Å²) in [5.74, 6) is 0. The third-order valence-electron chi connectivity index (χ3n) is 2.18. The number of allylic oxidation sites excluding steroid dienone is 2. The van der Waals surface area contributed by atoms with E-state index in [2.05, 4.69) is 45.2 Å². The molecule has 0 bridgehead atoms. The van der Waals surface area contributed by atoms with Crippen LogP contribution in [0.25, 0.3) is 24.3 Å². The van der Waals surface area contributed by atoms with Crippen LogP contribution in [0.3, 0.4) is 0 Å². The molecule has 0 aliphatic carbocycles. The first-order valence-corrected chi connectivity index (χ1v) is 5.77. The van der Waals surface area contributed by atoms with Crippen molar-refractivity contribution in [1.82, 2.24) is 0 Å². The Morgan fingerprint density at radius 1 is 1.13 bits per heavy atom. The minimum Gasteiger partial charge on any atom is -0.136 e. The molecule has 0 saturated heterocycles. The Labute approximate surface area is 95.3 Å². The molecule has 0 aromatic carbocycles. The fraction of sp³-hybridized carbons (Fsp3) is 0.143. The molecule has 0 aliphatic rings. The Balaban J connectivity index is 3.56. The number of rotatable bonds is 3. The second kappa shape index (κ2) is 5.52. The second-order valence-corrected chi connectivity index (χ2v) is 4.12. The quantitative estimate of drug-likeness (QED) is 0.681. The summed E-state index contributed by atoms with van der Waals surface area (Å²) >= 11 is 1.78. The van der Waals surface area contributed by atoms with Crippen molar-refractivity contribution in [3.8, 4) is 0 Å². The fourth-order valence-corrected chi connectivity index (χ4v) is 2.64. The minimum atomic E-state index is 1.22. The SMILES string of the molecule is C=C/C=C\c1sc(=C/C)/c(=C\C)c1C=C. The van der Waals surface area contributed by atoms with Gasteiger partial charge in [-0.05, 0) is 30.7 Å². The largest absolute Gasteiger partial charge is 0.136 e. The molecule has 1 heteroatoms. The van der Waals surface area contributed by atoms with Crippen molar-refractivity contribution in [2.24, 2.45) is 0 Å². The molecule has 15 heavy (non-hydrogen) atoms. The molecule has 0 fully saturated rings. The Morgan fingerprint density at radius 2 is 1.87 bits per heavy atom. The smallest absolute Gasteiger partial charge is 0.0354 e. The van der Waals surface area contributed by atoms with Crippen LogP contribution in [0.4, 0.5) is 0 Å². The van der Waals surface area contributed by atoms with Crippen LogP contribution in [-0.2, 0) is 0 Å². The molecule has 0 N–H and O–H groups in total. The van der Waals surface area contributed by atoms with Crippen LogP contribution in [0, 0.1) is 0 Å². The van der Waals surface area contributed by atoms with E-state index < -0.39 is 0 Å². The van der Waals surface area contributed by atoms with Gasteiger partial charge in [0.1, 0.15) is 0 Å². The maximum atomic E-state index is 3.87. The van der Waals surface area contributed by atoms with Crippen LogP contribution in [0.15, 0.2) is 25.3 Å². The first-order valence-electron chi connectivity index (χ1n) is 4.95. The average molecular weight is 216 g/mol. The lowest BCUT2D eigenvalue weighted by Gasteiger charge is -1.89. The van der Waals surface area contributed by atoms with Gasteiger partial charge in [0.25, 0.3) is 0 Å². The predicted octanol–water partition coefficient (Wildman–Crippen LogP) is 3.19. The van der Waals surface area contributed by atoms with Crippen LogP contribution < -0.4 is 9.75 Å². The summed E-state index contributed by atoms with van der Waals surface area (Å²) in [6, 6.07) is 0. The fourth-order valence-electron chi connectivity index (χ4n) is 1.50. The normalized spacial score (nSPS) is 13.7. The Hall–Kier alpha value is -1.34. The molecular formula is C14H16S. The van der Waals surface area contributed by atoms with Gasteiger partial charge in [-0.25, -0.2) is 0 Å². The first-order chi connectivity index (χ1) is 7.28. The average Bonchev–Trinajstić information content (AvgIpc) is 2.62. The molecule has 78 valence electrons. The molecule has 0 saturated carbocycles. The van der Waals surface area contributed by atoms with Crippen LogP contribution in [0.2, 0.25) is 0 Å². The summed E-state index contributed by atoms with van der Waals surface area (Å²) in [5.41, 5.74) is 1.22. The molecule has 1 rings (SSSR count). The van der Waals surface area contributed by atoms with Crippen LogP contribution in [0.5, 0.6) is 0 Å². The van der Waals surface area contributed by atoms with Crippen molar-refractivity contribution in [1.29, 1.82) is 0 Å². The highest BCUT2D eigenvalue weighted by molar-refractivity contribution is 7.11. The molecule has 0 amide bonds. The Morgan fingerprint density at radius 3 is 2.33 bits per heavy atom. The van der Waals surface area contributed by atoms with Gasteiger partial charge in [0.2, 0.25) is 0 Å². The summed E-state index contributed by atoms with van der Waals surface area (Å²) in [4.78, 5) is 1.24. The molecule has 1 aromatic heterocycles. The lowest BCUT2D eigenvalue weighted by molar-refractivity contribution is 1.61. The van der Waals surface area contributed by atoms with Crippen molar-refractivity contribution in [3.05, 3.63) is 45.5 Å². The summed E-state index contributed by atoms with van der Waals surface area (Å²) in [7, 11) is 0. The van der Waals surface area contributed by atoms with Gasteiger partial charge in [0.05, 0.1) is 0 Å². The van der Waals surface area contributed by atoms with Gasteiger partial charge in [-0.1, -0.05) is 43.5 Å². The predicted molar refractivity (Wildman–Crippen MR) is 73.2 cm³/mol. The summed E-state index contributed by atoms with van der Waals surface area (Å²) < 4.78 is 1.30. The van der Waals surface area contributed by atoms with Crippen LogP contribution in [-0.4, -0.2) is 0 Å². The topological polar surface area (TPSA) is 0 Å². The molecular weight excluding hydrogens is 200 g/mol. The van der Waals surface area contributed by atoms with E-state index in [0.717, 1.165) is 0 Å². The van der Waals surface area contributed by atoms with Crippen molar-refractivity contribution < 1.29 is 0 Å². The highest BCUT2D eigenvalue weighted by atomic mass is 32.1. The van der Waals surface area contributed by atoms with Crippen molar-refractivity contribution in [2.45, 2.75) is 13.8 Å². The third-order valence-corrected chi connectivity index (χ3v) is 3.43. The Kier molecular flexibility index (Phi) is 4.32. The van der Waals surface area contributed by atoms with Gasteiger partial charge in [0, 0.05) is 9.41 Å². The Bertz CT molecular complexity index is 498. The van der Waals surface area contributed by atoms with Crippen LogP contribution in [0.1, 0.15) is 24.3 Å². The van der Waals surface area contributed by atoms with E-state index >= 15 is 0 Å². The molecule has 0 aliphatic heterocycles. The van der Waals surface area contributed by atoms with Crippen molar-refractivity contribution in [3.63, 3.8) is 0 Å². The zero-order valence-corrected chi connectivity index (χ0v) is 10.1. The van der Waals surface area contributed by atoms with Crippen molar-refractivity contribution in [2.75, 3.05) is 0 Å². The van der Waals surface area contributed by atoms with E-state index in [0.29, 0.717) is 0 Å². The highest BCUT2D eigenvalue weighted by Gasteiger charge is 2.01. The molecule has 1 heterocycles. The standard InChI is InChI=1S/C14H16S/c1-5-9-10-14-12(7-3)11(6-2)13(8-4)15-14/h5-10H,1,3H2,2,4H3/b10-9-,11-6-,13-8+. The van der Waals surface area contributed by atoms with Gasteiger partial charge >= 0.3 is 0 Å². The lowest BCUT2D eigenvalue weighted by atomic mass is 10.2. The van der Waals surface area contributed by atoms with E-state index in [1.165, 1.54) is 20.2 Å². The van der Waals surface area contributed by atoms with E-state index in [1.807, 2.05) is 12.2 Å². The number of thiophene rings is 1. The van der Waals surface area contributed by atoms with Crippen molar-refractivity contribution >= 4 is 35.6 Å². The molecule has 1 aromatic rings. The van der Waals surface area contributed by atoms with Gasteiger partial charge < -0.3 is 0 Å². The zero-order chi connectivity index (χ0) is 11.3. The zero-order valence-electron chi connectivity index (χ0n) is 9.29. The maximum absolute atomic E-state index is 3.87. The lowest BCUT2D eigenvalue weighted by Crippen LogP contribution is -2.19. The van der Waals surface area contributed by atoms with E-state index in [-0.39, 0.29) is 0 Å². The van der Waals surface area contributed by atoms with Gasteiger partial charge in [-0.2, -0.15) is 0 Å². The second-order valence-electron chi connectivity index (χ2n) is 3.03. The number of hydrogen-bond acceptors (Lipinski definition) is 1. The molecule has 0 unspecified atom stereocenters. The molecule has 0 spiro atoms. The summed E-state index contributed by atoms with van der Waals surface area (Å²) in [6.07, 6.45) is 12.0. The molecule has 0 atom stereocenters. The van der Waals surface area contributed by atoms with E-state index in [1.54, 1.807) is 17.4 Å². The van der Waals surface area contributed by atoms with Gasteiger partial charge in [-0.15, -0.1) is 11.3 Å². The van der Waals surface area contributed by atoms with Gasteiger partial charge in [-0.3, -0.25) is 0 Å². The molecule has 0 radical (unpaired) electrons. The van der Waals surface area contributed by atoms with E-state index in [9.17, 15) is 0 Å². The monoisotopic (exact) mass is 216 g/mol. The number of hydrogen-bond donors (Lipinski definition) is 0. The first kappa shape index (κ1) is 11.7. The highest BCUT2D eigenvalue weighted by Crippen LogP contribution is 2.12. The minimum absolute atomic E-state index is 1.22. The van der Waals surface area contributed by atoms with E-state index in [4.69, 9.17) is 0 Å². The summed E-state index contributed by atoms with van der Waals surface area (Å²) in [5, 5.41) is 1.28. The van der Waals surface area contributed by atoms with Gasteiger partial charge in [0.15, 0.2) is 0 Å². The maximum Gasteiger partial charge on any atom is 0.0354 e. The van der Waals surface area contributed by atoms with Crippen LogP contribution >= 0.6 is 11.3 Å². The third kappa shape index (κ3) is 2.37. The molecule has 0 nitrogen and oxygen atoms in total. The summed E-state index contributed by atoms with van der Waals surface area (Å²) in [6.45, 7) is 11.7.